The molecule has 11 heavy (non-hydrogen) atoms. The molecule has 0 saturated heterocycles. The van der Waals surface area contributed by atoms with Gasteiger partial charge in [-0.3, -0.25) is 4.79 Å². The van der Waals surface area contributed by atoms with Crippen LogP contribution >= 0.6 is 0 Å². The van der Waals surface area contributed by atoms with Crippen LogP contribution in [-0.4, -0.2) is 46.5 Å². The van der Waals surface area contributed by atoms with Crippen molar-refractivity contribution in [2.24, 2.45) is 0 Å². The summed E-state index contributed by atoms with van der Waals surface area (Å²) in [6.07, 6.45) is 0. The Morgan fingerprint density at radius 3 is 2.18 bits per heavy atom. The molecule has 64 valence electrons. The van der Waals surface area contributed by atoms with Gasteiger partial charge in [-0.1, -0.05) is 0 Å². The summed E-state index contributed by atoms with van der Waals surface area (Å²) in [5.74, 6) is -2.17. The molecule has 4 N–H and O–H groups in total. The van der Waals surface area contributed by atoms with Gasteiger partial charge < -0.3 is 20.6 Å². The minimum Gasteiger partial charge on any atom is -0.480 e. The van der Waals surface area contributed by atoms with Crippen LogP contribution in [0.2, 0.25) is 0 Å². The molecule has 0 saturated carbocycles. The van der Waals surface area contributed by atoms with Gasteiger partial charge in [0.15, 0.2) is 0 Å². The summed E-state index contributed by atoms with van der Waals surface area (Å²) in [7, 11) is 0. The fourth-order valence-corrected chi connectivity index (χ4v) is 0.425. The molecular weight excluding hydrogens is 154 g/mol. The Morgan fingerprint density at radius 1 is 1.36 bits per heavy atom. The Morgan fingerprint density at radius 2 is 1.91 bits per heavy atom. The monoisotopic (exact) mass is 163 g/mol. The van der Waals surface area contributed by atoms with E-state index < -0.39 is 31.1 Å². The first-order valence-electron chi connectivity index (χ1n) is 2.85. The number of hydrogen-bond acceptors (Lipinski definition) is 4. The van der Waals surface area contributed by atoms with Crippen molar-refractivity contribution in [1.29, 1.82) is 0 Å². The Balaban J connectivity index is 3.88. The van der Waals surface area contributed by atoms with E-state index in [1.807, 2.05) is 5.32 Å². The van der Waals surface area contributed by atoms with Crippen LogP contribution < -0.4 is 5.32 Å². The SMILES string of the molecule is O=C(CO)NC(CO)C(=O)O. The lowest BCUT2D eigenvalue weighted by molar-refractivity contribution is -0.143. The first-order chi connectivity index (χ1) is 5.11. The van der Waals surface area contributed by atoms with E-state index >= 15 is 0 Å². The van der Waals surface area contributed by atoms with Crippen molar-refractivity contribution in [3.8, 4) is 0 Å². The number of carbonyl (C=O) groups excluding carboxylic acids is 1. The lowest BCUT2D eigenvalue weighted by Crippen LogP contribution is -2.44. The van der Waals surface area contributed by atoms with Gasteiger partial charge in [0.2, 0.25) is 5.91 Å². The normalized spacial score (nSPS) is 12.2. The Bertz CT molecular complexity index is 157. The molecule has 0 heterocycles. The molecule has 0 aromatic rings. The molecule has 0 fully saturated rings. The third-order valence-electron chi connectivity index (χ3n) is 0.959. The minimum absolute atomic E-state index is 0.693. The first-order valence-corrected chi connectivity index (χ1v) is 2.85. The van der Waals surface area contributed by atoms with E-state index in [1.165, 1.54) is 0 Å². The molecule has 1 atom stereocenters. The van der Waals surface area contributed by atoms with Gasteiger partial charge in [0, 0.05) is 0 Å². The predicted molar refractivity (Wildman–Crippen MR) is 33.7 cm³/mol. The zero-order valence-electron chi connectivity index (χ0n) is 5.65. The summed E-state index contributed by atoms with van der Waals surface area (Å²) >= 11 is 0. The maximum Gasteiger partial charge on any atom is 0.328 e. The first kappa shape index (κ1) is 9.86. The molecule has 0 spiro atoms. The molecule has 0 aromatic heterocycles. The van der Waals surface area contributed by atoms with E-state index in [4.69, 9.17) is 15.3 Å². The molecule has 6 heteroatoms. The van der Waals surface area contributed by atoms with Crippen LogP contribution in [0, 0.1) is 0 Å². The van der Waals surface area contributed by atoms with Gasteiger partial charge in [0.05, 0.1) is 6.61 Å². The number of aliphatic hydroxyl groups excluding tert-OH is 2. The third-order valence-corrected chi connectivity index (χ3v) is 0.959. The summed E-state index contributed by atoms with van der Waals surface area (Å²) in [6.45, 7) is -1.48. The lowest BCUT2D eigenvalue weighted by atomic mass is 10.3. The second kappa shape index (κ2) is 4.64. The number of amides is 1. The number of aliphatic carboxylic acids is 1. The number of rotatable bonds is 4. The van der Waals surface area contributed by atoms with Crippen LogP contribution in [0.5, 0.6) is 0 Å². The molecule has 1 amide bonds. The smallest absolute Gasteiger partial charge is 0.328 e. The second-order valence-electron chi connectivity index (χ2n) is 1.80. The van der Waals surface area contributed by atoms with Crippen molar-refractivity contribution >= 4 is 11.9 Å². The second-order valence-corrected chi connectivity index (χ2v) is 1.80. The molecule has 0 radical (unpaired) electrons. The summed E-state index contributed by atoms with van der Waals surface area (Å²) in [5, 5.41) is 26.7. The maximum atomic E-state index is 10.4. The van der Waals surface area contributed by atoms with E-state index in [2.05, 4.69) is 0 Å². The summed E-state index contributed by atoms with van der Waals surface area (Å²) < 4.78 is 0. The average molecular weight is 163 g/mol. The molecule has 0 aliphatic carbocycles. The van der Waals surface area contributed by atoms with Gasteiger partial charge >= 0.3 is 5.97 Å². The molecule has 0 bridgehead atoms. The highest BCUT2D eigenvalue weighted by atomic mass is 16.4. The fraction of sp³-hybridized carbons (Fsp3) is 0.600. The van der Waals surface area contributed by atoms with Crippen molar-refractivity contribution < 1.29 is 24.9 Å². The maximum absolute atomic E-state index is 10.4. The standard InChI is InChI=1S/C5H9NO5/c7-1-3(5(10)11)6-4(9)2-8/h3,7-8H,1-2H2,(H,6,9)(H,10,11). The molecule has 0 aliphatic heterocycles. The minimum atomic E-state index is -1.34. The van der Waals surface area contributed by atoms with Gasteiger partial charge in [-0.25, -0.2) is 4.79 Å². The van der Waals surface area contributed by atoms with Crippen molar-refractivity contribution in [2.45, 2.75) is 6.04 Å². The van der Waals surface area contributed by atoms with Crippen LogP contribution in [0.25, 0.3) is 0 Å². The van der Waals surface area contributed by atoms with Crippen molar-refractivity contribution in [3.63, 3.8) is 0 Å². The van der Waals surface area contributed by atoms with E-state index in [9.17, 15) is 9.59 Å². The topological polar surface area (TPSA) is 107 Å². The Hall–Kier alpha value is -1.14. The van der Waals surface area contributed by atoms with Crippen molar-refractivity contribution in [2.75, 3.05) is 13.2 Å². The molecule has 0 rings (SSSR count). The number of aliphatic hydroxyl groups is 2. The molecule has 1 unspecified atom stereocenters. The third kappa shape index (κ3) is 3.54. The molecular formula is C5H9NO5. The van der Waals surface area contributed by atoms with Crippen LogP contribution in [0.15, 0.2) is 0 Å². The van der Waals surface area contributed by atoms with Crippen LogP contribution in [0.4, 0.5) is 0 Å². The number of nitrogens with one attached hydrogen (secondary N) is 1. The quantitative estimate of drug-likeness (QED) is 0.367. The van der Waals surface area contributed by atoms with Gasteiger partial charge in [-0.05, 0) is 0 Å². The van der Waals surface area contributed by atoms with Crippen LogP contribution in [-0.2, 0) is 9.59 Å². The Kier molecular flexibility index (Phi) is 4.16. The van der Waals surface area contributed by atoms with E-state index in [-0.39, 0.29) is 0 Å². The van der Waals surface area contributed by atoms with Crippen LogP contribution in [0.1, 0.15) is 0 Å². The van der Waals surface area contributed by atoms with Crippen LogP contribution in [0.3, 0.4) is 0 Å². The van der Waals surface area contributed by atoms with E-state index in [1.54, 1.807) is 0 Å². The highest BCUT2D eigenvalue weighted by Crippen LogP contribution is 1.81. The summed E-state index contributed by atoms with van der Waals surface area (Å²) in [6, 6.07) is -1.34. The van der Waals surface area contributed by atoms with Gasteiger partial charge in [-0.15, -0.1) is 0 Å². The number of carboxylic acids is 1. The van der Waals surface area contributed by atoms with Crippen molar-refractivity contribution in [1.82, 2.24) is 5.32 Å². The lowest BCUT2D eigenvalue weighted by Gasteiger charge is -2.09. The number of carboxylic acid groups (broad SMARTS) is 1. The van der Waals surface area contributed by atoms with E-state index in [0.717, 1.165) is 0 Å². The van der Waals surface area contributed by atoms with Crippen molar-refractivity contribution in [3.05, 3.63) is 0 Å². The summed E-state index contributed by atoms with van der Waals surface area (Å²) in [5.41, 5.74) is 0. The summed E-state index contributed by atoms with van der Waals surface area (Å²) in [4.78, 5) is 20.5. The number of carbonyl (C=O) groups is 2. The molecule has 6 nitrogen and oxygen atoms in total. The van der Waals surface area contributed by atoms with Gasteiger partial charge in [0.25, 0.3) is 0 Å². The Labute approximate surface area is 62.5 Å². The molecule has 0 aliphatic rings. The number of hydrogen-bond donors (Lipinski definition) is 4. The zero-order valence-corrected chi connectivity index (χ0v) is 5.65. The zero-order chi connectivity index (χ0) is 8.85. The largest absolute Gasteiger partial charge is 0.480 e. The predicted octanol–water partition coefficient (Wildman–Crippen LogP) is -2.46. The average Bonchev–Trinajstić information content (AvgIpc) is 1.99. The van der Waals surface area contributed by atoms with Gasteiger partial charge in [-0.2, -0.15) is 0 Å². The highest BCUT2D eigenvalue weighted by Gasteiger charge is 2.17. The molecule has 0 aromatic carbocycles. The van der Waals surface area contributed by atoms with Gasteiger partial charge in [0.1, 0.15) is 12.6 Å². The fourth-order valence-electron chi connectivity index (χ4n) is 0.425. The van der Waals surface area contributed by atoms with E-state index in [0.29, 0.717) is 0 Å². The highest BCUT2D eigenvalue weighted by molar-refractivity contribution is 5.84.